The van der Waals surface area contributed by atoms with Gasteiger partial charge < -0.3 is 10.8 Å². The molecule has 4 N–H and O–H groups in total. The average Bonchev–Trinajstić information content (AvgIpc) is 2.54. The third-order valence-corrected chi connectivity index (χ3v) is 4.25. The van der Waals surface area contributed by atoms with Crippen molar-refractivity contribution in [3.8, 4) is 5.75 Å². The fourth-order valence-electron chi connectivity index (χ4n) is 2.28. The van der Waals surface area contributed by atoms with Gasteiger partial charge in [-0.25, -0.2) is 0 Å². The number of nitrogens with zero attached hydrogens (tertiary/aromatic N) is 2. The number of nitrogen functional groups attached to an aromatic ring is 1. The van der Waals surface area contributed by atoms with E-state index in [0.29, 0.717) is 16.8 Å². The molecule has 0 radical (unpaired) electrons. The molecular weight excluding hydrogens is 330 g/mol. The molecule has 0 amide bonds. The Morgan fingerprint density at radius 2 is 1.67 bits per heavy atom. The summed E-state index contributed by atoms with van der Waals surface area (Å²) in [6.07, 6.45) is 0. The summed E-state index contributed by atoms with van der Waals surface area (Å²) in [6.45, 7) is 0. The minimum Gasteiger partial charge on any atom is -0.507 e. The summed E-state index contributed by atoms with van der Waals surface area (Å²) in [5.74, 6) is -0.366. The van der Waals surface area contributed by atoms with E-state index >= 15 is 0 Å². The number of aromatic hydroxyl groups is 1. The Morgan fingerprint density at radius 3 is 2.33 bits per heavy atom. The molecule has 3 aromatic rings. The predicted molar refractivity (Wildman–Crippen MR) is 90.5 cm³/mol. The molecule has 0 aliphatic carbocycles. The zero-order valence-electron chi connectivity index (χ0n) is 12.3. The molecule has 0 heterocycles. The van der Waals surface area contributed by atoms with Crippen LogP contribution in [0, 0.1) is 0 Å². The number of hydrogen-bond donors (Lipinski definition) is 3. The largest absolute Gasteiger partial charge is 0.507 e. The van der Waals surface area contributed by atoms with Crippen LogP contribution in [0.1, 0.15) is 0 Å². The number of rotatable bonds is 3. The summed E-state index contributed by atoms with van der Waals surface area (Å²) in [4.78, 5) is -0.412. The first-order valence-corrected chi connectivity index (χ1v) is 8.30. The molecule has 0 aliphatic heterocycles. The Bertz CT molecular complexity index is 1050. The molecule has 0 spiro atoms. The minimum atomic E-state index is -4.43. The lowest BCUT2D eigenvalue weighted by molar-refractivity contribution is 0.471. The summed E-state index contributed by atoms with van der Waals surface area (Å²) in [5, 5.41) is 18.8. The number of fused-ring (bicyclic) bond motifs is 1. The van der Waals surface area contributed by atoms with Crippen LogP contribution in [0.25, 0.3) is 10.8 Å². The topological polar surface area (TPSA) is 125 Å². The Hall–Kier alpha value is -2.97. The molecule has 0 unspecified atom stereocenters. The van der Waals surface area contributed by atoms with Gasteiger partial charge in [-0.3, -0.25) is 4.55 Å². The van der Waals surface area contributed by atoms with E-state index in [0.717, 1.165) is 6.07 Å². The highest BCUT2D eigenvalue weighted by atomic mass is 32.2. The van der Waals surface area contributed by atoms with Crippen molar-refractivity contribution in [1.82, 2.24) is 0 Å². The highest BCUT2D eigenvalue weighted by Gasteiger charge is 2.16. The lowest BCUT2D eigenvalue weighted by Gasteiger charge is -2.08. The van der Waals surface area contributed by atoms with Crippen LogP contribution in [0.4, 0.5) is 17.1 Å². The van der Waals surface area contributed by atoms with Gasteiger partial charge in [-0.15, -0.1) is 5.11 Å². The van der Waals surface area contributed by atoms with E-state index in [1.165, 1.54) is 6.07 Å². The number of benzene rings is 3. The lowest BCUT2D eigenvalue weighted by atomic mass is 10.1. The SMILES string of the molecule is Nc1c(N=Nc2ccccc2)ccc2cc(S(=O)(=O)O)cc(O)c12. The molecule has 0 bridgehead atoms. The molecule has 3 aromatic carbocycles. The molecular formula is C16H13N3O4S. The third kappa shape index (κ3) is 3.05. The van der Waals surface area contributed by atoms with Crippen molar-refractivity contribution in [2.24, 2.45) is 10.2 Å². The number of phenolic OH excluding ortho intramolecular Hbond substituents is 1. The number of phenols is 1. The predicted octanol–water partition coefficient (Wildman–Crippen LogP) is 3.79. The smallest absolute Gasteiger partial charge is 0.294 e. The summed E-state index contributed by atoms with van der Waals surface area (Å²) >= 11 is 0. The van der Waals surface area contributed by atoms with Gasteiger partial charge in [-0.1, -0.05) is 24.3 Å². The summed E-state index contributed by atoms with van der Waals surface area (Å²) in [7, 11) is -4.43. The molecule has 8 heteroatoms. The van der Waals surface area contributed by atoms with Crippen LogP contribution in [-0.4, -0.2) is 18.1 Å². The molecule has 0 aromatic heterocycles. The zero-order valence-corrected chi connectivity index (χ0v) is 13.1. The number of anilines is 1. The Kier molecular flexibility index (Phi) is 3.92. The van der Waals surface area contributed by atoms with Crippen LogP contribution in [0.3, 0.4) is 0 Å². The Balaban J connectivity index is 2.12. The molecule has 0 aliphatic rings. The Morgan fingerprint density at radius 1 is 0.958 bits per heavy atom. The monoisotopic (exact) mass is 343 g/mol. The highest BCUT2D eigenvalue weighted by molar-refractivity contribution is 7.85. The number of hydrogen-bond acceptors (Lipinski definition) is 6. The van der Waals surface area contributed by atoms with E-state index in [1.54, 1.807) is 24.3 Å². The summed E-state index contributed by atoms with van der Waals surface area (Å²) in [6, 6.07) is 14.3. The van der Waals surface area contributed by atoms with Gasteiger partial charge in [0.05, 0.1) is 16.3 Å². The molecule has 0 atom stereocenters. The highest BCUT2D eigenvalue weighted by Crippen LogP contribution is 2.38. The van der Waals surface area contributed by atoms with Gasteiger partial charge in [0.25, 0.3) is 10.1 Å². The third-order valence-electron chi connectivity index (χ3n) is 3.41. The van der Waals surface area contributed by atoms with Gasteiger partial charge in [0.15, 0.2) is 0 Å². The van der Waals surface area contributed by atoms with Crippen molar-refractivity contribution in [2.75, 3.05) is 5.73 Å². The molecule has 0 saturated carbocycles. The fraction of sp³-hybridized carbons (Fsp3) is 0. The maximum Gasteiger partial charge on any atom is 0.294 e. The van der Waals surface area contributed by atoms with Gasteiger partial charge in [-0.2, -0.15) is 13.5 Å². The van der Waals surface area contributed by atoms with E-state index in [-0.39, 0.29) is 16.8 Å². The number of nitrogens with two attached hydrogens (primary N) is 1. The zero-order chi connectivity index (χ0) is 17.3. The first-order valence-electron chi connectivity index (χ1n) is 6.86. The normalized spacial score (nSPS) is 12.0. The number of azo groups is 1. The van der Waals surface area contributed by atoms with E-state index in [9.17, 15) is 13.5 Å². The second kappa shape index (κ2) is 5.91. The lowest BCUT2D eigenvalue weighted by Crippen LogP contribution is -1.98. The summed E-state index contributed by atoms with van der Waals surface area (Å²) in [5.41, 5.74) is 7.15. The molecule has 122 valence electrons. The van der Waals surface area contributed by atoms with Crippen molar-refractivity contribution >= 4 is 38.0 Å². The minimum absolute atomic E-state index is 0.159. The molecule has 0 fully saturated rings. The van der Waals surface area contributed by atoms with Gasteiger partial charge in [0.2, 0.25) is 0 Å². The van der Waals surface area contributed by atoms with Gasteiger partial charge in [-0.05, 0) is 29.7 Å². The van der Waals surface area contributed by atoms with E-state index in [1.807, 2.05) is 18.2 Å². The Labute approximate surface area is 137 Å². The second-order valence-corrected chi connectivity index (χ2v) is 6.47. The van der Waals surface area contributed by atoms with E-state index < -0.39 is 15.0 Å². The van der Waals surface area contributed by atoms with Gasteiger partial charge in [0, 0.05) is 11.5 Å². The van der Waals surface area contributed by atoms with Crippen LogP contribution in [0.15, 0.2) is 69.7 Å². The van der Waals surface area contributed by atoms with Crippen molar-refractivity contribution in [3.05, 3.63) is 54.6 Å². The standard InChI is InChI=1S/C16H13N3O4S/c17-16-13(19-18-11-4-2-1-3-5-11)7-6-10-8-12(24(21,22)23)9-14(20)15(10)16/h1-9,20H,17H2,(H,21,22,23). The van der Waals surface area contributed by atoms with E-state index in [4.69, 9.17) is 10.3 Å². The van der Waals surface area contributed by atoms with Crippen LogP contribution < -0.4 is 5.73 Å². The first kappa shape index (κ1) is 15.9. The van der Waals surface area contributed by atoms with Crippen LogP contribution in [0.5, 0.6) is 5.75 Å². The maximum absolute atomic E-state index is 11.2. The van der Waals surface area contributed by atoms with Gasteiger partial charge in [0.1, 0.15) is 11.4 Å². The van der Waals surface area contributed by atoms with Crippen molar-refractivity contribution in [2.45, 2.75) is 4.90 Å². The van der Waals surface area contributed by atoms with E-state index in [2.05, 4.69) is 10.2 Å². The molecule has 3 rings (SSSR count). The van der Waals surface area contributed by atoms with Crippen molar-refractivity contribution in [1.29, 1.82) is 0 Å². The van der Waals surface area contributed by atoms with Crippen LogP contribution >= 0.6 is 0 Å². The van der Waals surface area contributed by atoms with Crippen LogP contribution in [-0.2, 0) is 10.1 Å². The average molecular weight is 343 g/mol. The summed E-state index contributed by atoms with van der Waals surface area (Å²) < 4.78 is 31.5. The van der Waals surface area contributed by atoms with Crippen molar-refractivity contribution < 1.29 is 18.1 Å². The first-order chi connectivity index (χ1) is 11.4. The molecule has 7 nitrogen and oxygen atoms in total. The maximum atomic E-state index is 11.2. The van der Waals surface area contributed by atoms with Crippen molar-refractivity contribution in [3.63, 3.8) is 0 Å². The van der Waals surface area contributed by atoms with Crippen LogP contribution in [0.2, 0.25) is 0 Å². The second-order valence-electron chi connectivity index (χ2n) is 5.05. The molecule has 0 saturated heterocycles. The quantitative estimate of drug-likeness (QED) is 0.379. The fourth-order valence-corrected chi connectivity index (χ4v) is 2.81. The molecule has 24 heavy (non-hydrogen) atoms. The van der Waals surface area contributed by atoms with Gasteiger partial charge >= 0.3 is 0 Å².